The molecule has 2 rings (SSSR count). The predicted molar refractivity (Wildman–Crippen MR) is 42.9 cm³/mol. The zero-order valence-corrected chi connectivity index (χ0v) is 7.12. The quantitative estimate of drug-likeness (QED) is 0.618. The molecule has 0 spiro atoms. The van der Waals surface area contributed by atoms with Gasteiger partial charge in [0.25, 0.3) is 0 Å². The molecule has 2 fully saturated rings. The molecule has 0 aromatic carbocycles. The van der Waals surface area contributed by atoms with Gasteiger partial charge in [0, 0.05) is 12.5 Å². The van der Waals surface area contributed by atoms with Gasteiger partial charge in [0.2, 0.25) is 0 Å². The average Bonchev–Trinajstić information content (AvgIpc) is 2.58. The summed E-state index contributed by atoms with van der Waals surface area (Å²) in [5, 5.41) is 0. The molecule has 12 heavy (non-hydrogen) atoms. The smallest absolute Gasteiger partial charge is 0.122 e. The minimum atomic E-state index is -0.167. The topological polar surface area (TPSA) is 53.7 Å². The molecule has 0 bridgehead atoms. The number of ether oxygens (including phenoxy) is 3. The molecule has 0 radical (unpaired) electrons. The van der Waals surface area contributed by atoms with Crippen molar-refractivity contribution in [1.82, 2.24) is 0 Å². The summed E-state index contributed by atoms with van der Waals surface area (Å²) in [6.07, 6.45) is 0. The van der Waals surface area contributed by atoms with Crippen molar-refractivity contribution in [2.24, 2.45) is 11.7 Å². The number of hydrogen-bond donors (Lipinski definition) is 1. The number of rotatable bonds is 3. The highest BCUT2D eigenvalue weighted by Gasteiger charge is 2.49. The second kappa shape index (κ2) is 3.30. The molecule has 0 aromatic heterocycles. The molecule has 4 nitrogen and oxygen atoms in total. The number of nitrogens with two attached hydrogens (primary N) is 1. The van der Waals surface area contributed by atoms with E-state index in [4.69, 9.17) is 19.9 Å². The third-order valence-electron chi connectivity index (χ3n) is 2.58. The molecule has 4 heteroatoms. The molecule has 2 heterocycles. The lowest BCUT2D eigenvalue weighted by Crippen LogP contribution is -2.41. The maximum absolute atomic E-state index is 5.69. The first-order valence-corrected chi connectivity index (χ1v) is 4.37. The fourth-order valence-electron chi connectivity index (χ4n) is 1.84. The highest BCUT2D eigenvalue weighted by molar-refractivity contribution is 4.96. The summed E-state index contributed by atoms with van der Waals surface area (Å²) in [5.74, 6) is 0.420. The van der Waals surface area contributed by atoms with Gasteiger partial charge in [-0.1, -0.05) is 0 Å². The van der Waals surface area contributed by atoms with Gasteiger partial charge in [0.05, 0.1) is 33.0 Å². The van der Waals surface area contributed by atoms with Crippen LogP contribution in [-0.2, 0) is 14.2 Å². The molecule has 0 aliphatic carbocycles. The Morgan fingerprint density at radius 1 is 1.33 bits per heavy atom. The molecular weight excluding hydrogens is 158 g/mol. The lowest BCUT2D eigenvalue weighted by atomic mass is 9.95. The third kappa shape index (κ3) is 1.25. The highest BCUT2D eigenvalue weighted by Crippen LogP contribution is 2.34. The highest BCUT2D eigenvalue weighted by atomic mass is 16.6. The Hall–Kier alpha value is -0.160. The van der Waals surface area contributed by atoms with E-state index in [1.807, 2.05) is 0 Å². The van der Waals surface area contributed by atoms with Gasteiger partial charge in [-0.3, -0.25) is 0 Å². The van der Waals surface area contributed by atoms with Gasteiger partial charge in [0.15, 0.2) is 0 Å². The Morgan fingerprint density at radius 2 is 2.00 bits per heavy atom. The first-order valence-electron chi connectivity index (χ1n) is 4.37. The van der Waals surface area contributed by atoms with Gasteiger partial charge < -0.3 is 19.9 Å². The van der Waals surface area contributed by atoms with Crippen LogP contribution in [-0.4, -0.2) is 45.2 Å². The van der Waals surface area contributed by atoms with Crippen LogP contribution in [0.2, 0.25) is 0 Å². The van der Waals surface area contributed by atoms with E-state index in [1.54, 1.807) is 0 Å². The Bertz CT molecular complexity index is 152. The minimum Gasteiger partial charge on any atom is -0.378 e. The second-order valence-electron chi connectivity index (χ2n) is 3.43. The molecule has 0 atom stereocenters. The fourth-order valence-corrected chi connectivity index (χ4v) is 1.84. The summed E-state index contributed by atoms with van der Waals surface area (Å²) < 4.78 is 16.4. The Balaban J connectivity index is 1.97. The van der Waals surface area contributed by atoms with E-state index in [9.17, 15) is 0 Å². The van der Waals surface area contributed by atoms with Crippen LogP contribution < -0.4 is 5.73 Å². The van der Waals surface area contributed by atoms with Crippen LogP contribution in [0.1, 0.15) is 0 Å². The SMILES string of the molecule is NCCOC12COCC1COC2. The summed E-state index contributed by atoms with van der Waals surface area (Å²) >= 11 is 0. The van der Waals surface area contributed by atoms with Crippen molar-refractivity contribution in [3.63, 3.8) is 0 Å². The van der Waals surface area contributed by atoms with Crippen molar-refractivity contribution in [2.75, 3.05) is 39.6 Å². The second-order valence-corrected chi connectivity index (χ2v) is 3.43. The maximum Gasteiger partial charge on any atom is 0.122 e. The predicted octanol–water partition coefficient (Wildman–Crippen LogP) is -0.623. The largest absolute Gasteiger partial charge is 0.378 e. The lowest BCUT2D eigenvalue weighted by molar-refractivity contribution is -0.0641. The van der Waals surface area contributed by atoms with Crippen molar-refractivity contribution < 1.29 is 14.2 Å². The van der Waals surface area contributed by atoms with Crippen molar-refractivity contribution in [3.8, 4) is 0 Å². The molecule has 0 unspecified atom stereocenters. The average molecular weight is 173 g/mol. The summed E-state index contributed by atoms with van der Waals surface area (Å²) in [6.45, 7) is 4.03. The van der Waals surface area contributed by atoms with Crippen molar-refractivity contribution in [1.29, 1.82) is 0 Å². The lowest BCUT2D eigenvalue weighted by Gasteiger charge is -2.25. The van der Waals surface area contributed by atoms with E-state index < -0.39 is 0 Å². The molecule has 0 amide bonds. The molecule has 0 saturated carbocycles. The first-order chi connectivity index (χ1) is 5.87. The van der Waals surface area contributed by atoms with Crippen LogP contribution in [0, 0.1) is 5.92 Å². The van der Waals surface area contributed by atoms with Gasteiger partial charge >= 0.3 is 0 Å². The molecule has 2 saturated heterocycles. The molecule has 0 aromatic rings. The normalized spacial score (nSPS) is 40.2. The maximum atomic E-state index is 5.69. The number of fused-ring (bicyclic) bond motifs is 1. The standard InChI is InChI=1S/C8H15NO3/c9-1-2-12-8-5-10-3-7(8)4-11-6-8/h7H,1-6,9H2. The van der Waals surface area contributed by atoms with E-state index in [0.29, 0.717) is 32.3 Å². The van der Waals surface area contributed by atoms with Crippen LogP contribution >= 0.6 is 0 Å². The Morgan fingerprint density at radius 3 is 2.58 bits per heavy atom. The molecule has 2 N–H and O–H groups in total. The van der Waals surface area contributed by atoms with Crippen molar-refractivity contribution in [3.05, 3.63) is 0 Å². The summed E-state index contributed by atoms with van der Waals surface area (Å²) in [4.78, 5) is 0. The van der Waals surface area contributed by atoms with Crippen LogP contribution in [0.3, 0.4) is 0 Å². The van der Waals surface area contributed by atoms with E-state index in [1.165, 1.54) is 0 Å². The minimum absolute atomic E-state index is 0.167. The molecule has 2 aliphatic heterocycles. The van der Waals surface area contributed by atoms with Gasteiger partial charge in [-0.15, -0.1) is 0 Å². The van der Waals surface area contributed by atoms with E-state index in [-0.39, 0.29) is 5.60 Å². The van der Waals surface area contributed by atoms with Crippen LogP contribution in [0.4, 0.5) is 0 Å². The zero-order valence-electron chi connectivity index (χ0n) is 7.12. The fraction of sp³-hybridized carbons (Fsp3) is 1.00. The zero-order chi connectivity index (χ0) is 8.44. The first kappa shape index (κ1) is 8.44. The molecule has 70 valence electrons. The summed E-state index contributed by atoms with van der Waals surface area (Å²) in [5.41, 5.74) is 5.21. The van der Waals surface area contributed by atoms with E-state index in [0.717, 1.165) is 13.2 Å². The van der Waals surface area contributed by atoms with Gasteiger partial charge in [-0.2, -0.15) is 0 Å². The molecule has 2 aliphatic rings. The monoisotopic (exact) mass is 173 g/mol. The summed E-state index contributed by atoms with van der Waals surface area (Å²) in [7, 11) is 0. The van der Waals surface area contributed by atoms with Crippen molar-refractivity contribution in [2.45, 2.75) is 5.60 Å². The van der Waals surface area contributed by atoms with E-state index >= 15 is 0 Å². The Labute approximate surface area is 72.0 Å². The van der Waals surface area contributed by atoms with Gasteiger partial charge in [0.1, 0.15) is 5.60 Å². The van der Waals surface area contributed by atoms with Crippen molar-refractivity contribution >= 4 is 0 Å². The number of hydrogen-bond acceptors (Lipinski definition) is 4. The summed E-state index contributed by atoms with van der Waals surface area (Å²) in [6, 6.07) is 0. The van der Waals surface area contributed by atoms with Crippen LogP contribution in [0.15, 0.2) is 0 Å². The van der Waals surface area contributed by atoms with E-state index in [2.05, 4.69) is 0 Å². The third-order valence-corrected chi connectivity index (χ3v) is 2.58. The Kier molecular flexibility index (Phi) is 2.32. The van der Waals surface area contributed by atoms with Crippen LogP contribution in [0.5, 0.6) is 0 Å². The van der Waals surface area contributed by atoms with Gasteiger partial charge in [-0.25, -0.2) is 0 Å². The molecular formula is C8H15NO3. The van der Waals surface area contributed by atoms with Crippen LogP contribution in [0.25, 0.3) is 0 Å². The van der Waals surface area contributed by atoms with Gasteiger partial charge in [-0.05, 0) is 0 Å².